The van der Waals surface area contributed by atoms with Crippen molar-refractivity contribution in [3.63, 3.8) is 0 Å². The van der Waals surface area contributed by atoms with Crippen LogP contribution in [0, 0.1) is 0 Å². The first-order chi connectivity index (χ1) is 9.38. The molecule has 2 atom stereocenters. The molecule has 2 rings (SSSR count). The van der Waals surface area contributed by atoms with Crippen LogP contribution in [0.5, 0.6) is 0 Å². The molecule has 0 saturated carbocycles. The Bertz CT molecular complexity index is 510. The predicted molar refractivity (Wildman–Crippen MR) is 76.5 cm³/mol. The van der Waals surface area contributed by atoms with Crippen molar-refractivity contribution in [3.8, 4) is 0 Å². The Labute approximate surface area is 122 Å². The minimum atomic E-state index is -1.15. The van der Waals surface area contributed by atoms with E-state index in [-0.39, 0.29) is 16.8 Å². The number of hydrogen-bond acceptors (Lipinski definition) is 5. The summed E-state index contributed by atoms with van der Waals surface area (Å²) in [5.74, 6) is -0.615. The summed E-state index contributed by atoms with van der Waals surface area (Å²) in [6, 6.07) is 3.33. The first-order valence-electron chi connectivity index (χ1n) is 6.37. The Balaban J connectivity index is 2.29. The third-order valence-corrected chi connectivity index (χ3v) is 3.60. The van der Waals surface area contributed by atoms with Crippen molar-refractivity contribution in [2.45, 2.75) is 18.6 Å². The molecular formula is C13H18ClN3O3. The molecular weight excluding hydrogens is 282 g/mol. The van der Waals surface area contributed by atoms with Crippen LogP contribution in [-0.2, 0) is 0 Å². The van der Waals surface area contributed by atoms with E-state index in [2.05, 4.69) is 4.98 Å². The van der Waals surface area contributed by atoms with Crippen LogP contribution in [0.3, 0.4) is 0 Å². The monoisotopic (exact) mass is 299 g/mol. The minimum Gasteiger partial charge on any atom is -0.476 e. The number of aliphatic hydroxyl groups is 1. The van der Waals surface area contributed by atoms with Gasteiger partial charge in [0.2, 0.25) is 0 Å². The molecule has 2 N–H and O–H groups in total. The van der Waals surface area contributed by atoms with E-state index in [1.807, 2.05) is 23.9 Å². The SMILES string of the molecule is CN(C)CC1CC(O)CN1c1ccc(Cl)c(C(=O)O)n1. The van der Waals surface area contributed by atoms with Crippen molar-refractivity contribution in [2.24, 2.45) is 0 Å². The van der Waals surface area contributed by atoms with E-state index in [9.17, 15) is 9.90 Å². The van der Waals surface area contributed by atoms with Gasteiger partial charge in [0.15, 0.2) is 5.69 Å². The molecule has 1 saturated heterocycles. The van der Waals surface area contributed by atoms with Crippen LogP contribution in [0.15, 0.2) is 12.1 Å². The number of nitrogens with zero attached hydrogens (tertiary/aromatic N) is 3. The van der Waals surface area contributed by atoms with Gasteiger partial charge in [-0.3, -0.25) is 0 Å². The van der Waals surface area contributed by atoms with Crippen LogP contribution in [0.2, 0.25) is 5.02 Å². The van der Waals surface area contributed by atoms with E-state index in [1.54, 1.807) is 6.07 Å². The van der Waals surface area contributed by atoms with Crippen LogP contribution >= 0.6 is 11.6 Å². The standard InChI is InChI=1S/C13H18ClN3O3/c1-16(2)6-8-5-9(18)7-17(8)11-4-3-10(14)12(15-11)13(19)20/h3-4,8-9,18H,5-7H2,1-2H3,(H,19,20). The Kier molecular flexibility index (Phi) is 4.47. The number of pyridine rings is 1. The molecule has 0 aromatic carbocycles. The minimum absolute atomic E-state index is 0.107. The number of likely N-dealkylation sites (N-methyl/N-ethyl adjacent to an activating group) is 1. The molecule has 7 heteroatoms. The third kappa shape index (κ3) is 3.20. The Morgan fingerprint density at radius 3 is 2.85 bits per heavy atom. The maximum absolute atomic E-state index is 11.1. The quantitative estimate of drug-likeness (QED) is 0.861. The fourth-order valence-electron chi connectivity index (χ4n) is 2.51. The van der Waals surface area contributed by atoms with Gasteiger partial charge in [0.25, 0.3) is 0 Å². The molecule has 0 bridgehead atoms. The van der Waals surface area contributed by atoms with Gasteiger partial charge in [-0.2, -0.15) is 0 Å². The summed E-state index contributed by atoms with van der Waals surface area (Å²) in [5.41, 5.74) is -0.158. The molecule has 2 heterocycles. The first kappa shape index (κ1) is 15.0. The summed E-state index contributed by atoms with van der Waals surface area (Å²) in [6.07, 6.45) is 0.218. The van der Waals surface area contributed by atoms with Crippen molar-refractivity contribution in [1.29, 1.82) is 0 Å². The van der Waals surface area contributed by atoms with E-state index in [0.717, 1.165) is 6.54 Å². The summed E-state index contributed by atoms with van der Waals surface area (Å²) in [5, 5.41) is 19.0. The van der Waals surface area contributed by atoms with Crippen LogP contribution in [-0.4, -0.2) is 65.4 Å². The van der Waals surface area contributed by atoms with E-state index < -0.39 is 12.1 Å². The fraction of sp³-hybridized carbons (Fsp3) is 0.538. The van der Waals surface area contributed by atoms with Crippen LogP contribution in [0.25, 0.3) is 0 Å². The number of carbonyl (C=O) groups is 1. The summed E-state index contributed by atoms with van der Waals surface area (Å²) >= 11 is 5.83. The van der Waals surface area contributed by atoms with Crippen molar-refractivity contribution in [3.05, 3.63) is 22.8 Å². The highest BCUT2D eigenvalue weighted by Gasteiger charge is 2.32. The zero-order chi connectivity index (χ0) is 14.9. The molecule has 0 aliphatic carbocycles. The maximum atomic E-state index is 11.1. The summed E-state index contributed by atoms with van der Waals surface area (Å²) in [4.78, 5) is 19.2. The Hall–Kier alpha value is -1.37. The zero-order valence-corrected chi connectivity index (χ0v) is 12.2. The van der Waals surface area contributed by atoms with E-state index in [0.29, 0.717) is 18.8 Å². The lowest BCUT2D eigenvalue weighted by atomic mass is 10.2. The topological polar surface area (TPSA) is 76.9 Å². The predicted octanol–water partition coefficient (Wildman–Crippen LogP) is 0.934. The van der Waals surface area contributed by atoms with Gasteiger partial charge in [0, 0.05) is 19.1 Å². The number of halogens is 1. The van der Waals surface area contributed by atoms with E-state index in [4.69, 9.17) is 16.7 Å². The summed E-state index contributed by atoms with van der Waals surface area (Å²) < 4.78 is 0. The molecule has 1 aromatic rings. The Morgan fingerprint density at radius 2 is 2.25 bits per heavy atom. The number of hydrogen-bond donors (Lipinski definition) is 2. The molecule has 1 fully saturated rings. The average molecular weight is 300 g/mol. The highest BCUT2D eigenvalue weighted by molar-refractivity contribution is 6.33. The molecule has 110 valence electrons. The first-order valence-corrected chi connectivity index (χ1v) is 6.75. The van der Waals surface area contributed by atoms with Crippen LogP contribution < -0.4 is 4.90 Å². The second-order valence-electron chi connectivity index (χ2n) is 5.26. The van der Waals surface area contributed by atoms with Gasteiger partial charge in [-0.25, -0.2) is 9.78 Å². The molecule has 1 aliphatic heterocycles. The summed E-state index contributed by atoms with van der Waals surface area (Å²) in [7, 11) is 3.92. The largest absolute Gasteiger partial charge is 0.476 e. The maximum Gasteiger partial charge on any atom is 0.356 e. The number of carboxylic acid groups (broad SMARTS) is 1. The third-order valence-electron chi connectivity index (χ3n) is 3.30. The van der Waals surface area contributed by atoms with Gasteiger partial charge < -0.3 is 20.0 Å². The highest BCUT2D eigenvalue weighted by atomic mass is 35.5. The number of rotatable bonds is 4. The average Bonchev–Trinajstić information content (AvgIpc) is 2.69. The number of β-amino-alcohol motifs (C(OH)–C–C–N with tert-alkyl or cyclic N) is 1. The highest BCUT2D eigenvalue weighted by Crippen LogP contribution is 2.27. The molecule has 1 aromatic heterocycles. The molecule has 0 amide bonds. The van der Waals surface area contributed by atoms with Gasteiger partial charge >= 0.3 is 5.97 Å². The zero-order valence-electron chi connectivity index (χ0n) is 11.5. The van der Waals surface area contributed by atoms with Crippen LogP contribution in [0.1, 0.15) is 16.9 Å². The second kappa shape index (κ2) is 5.95. The van der Waals surface area contributed by atoms with Gasteiger partial charge in [-0.1, -0.05) is 11.6 Å². The molecule has 0 spiro atoms. The van der Waals surface area contributed by atoms with E-state index in [1.165, 1.54) is 6.07 Å². The van der Waals surface area contributed by atoms with Gasteiger partial charge in [-0.15, -0.1) is 0 Å². The molecule has 0 radical (unpaired) electrons. The lowest BCUT2D eigenvalue weighted by Gasteiger charge is -2.27. The number of anilines is 1. The normalized spacial score (nSPS) is 22.6. The number of aliphatic hydroxyl groups excluding tert-OH is 1. The van der Waals surface area contributed by atoms with Gasteiger partial charge in [0.05, 0.1) is 11.1 Å². The van der Waals surface area contributed by atoms with Crippen molar-refractivity contribution in [2.75, 3.05) is 32.1 Å². The molecule has 2 unspecified atom stereocenters. The Morgan fingerprint density at radius 1 is 1.55 bits per heavy atom. The van der Waals surface area contributed by atoms with Crippen molar-refractivity contribution < 1.29 is 15.0 Å². The molecule has 20 heavy (non-hydrogen) atoms. The number of carboxylic acids is 1. The lowest BCUT2D eigenvalue weighted by molar-refractivity contribution is 0.0691. The number of aromatic carboxylic acids is 1. The smallest absolute Gasteiger partial charge is 0.356 e. The van der Waals surface area contributed by atoms with Gasteiger partial charge in [-0.05, 0) is 32.6 Å². The van der Waals surface area contributed by atoms with Crippen LogP contribution in [0.4, 0.5) is 5.82 Å². The summed E-state index contributed by atoms with van der Waals surface area (Å²) in [6.45, 7) is 1.22. The second-order valence-corrected chi connectivity index (χ2v) is 5.67. The molecule has 6 nitrogen and oxygen atoms in total. The van der Waals surface area contributed by atoms with Crippen molar-refractivity contribution in [1.82, 2.24) is 9.88 Å². The number of aromatic nitrogens is 1. The van der Waals surface area contributed by atoms with Gasteiger partial charge in [0.1, 0.15) is 5.82 Å². The molecule has 1 aliphatic rings. The van der Waals surface area contributed by atoms with Crippen molar-refractivity contribution >= 4 is 23.4 Å². The fourth-order valence-corrected chi connectivity index (χ4v) is 2.70. The van der Waals surface area contributed by atoms with E-state index >= 15 is 0 Å². The lowest BCUT2D eigenvalue weighted by Crippen LogP contribution is -2.38.